The number of ether oxygens (including phenoxy) is 1. The molecule has 0 heterocycles. The molecule has 0 saturated heterocycles. The predicted molar refractivity (Wildman–Crippen MR) is 64.1 cm³/mol. The molecule has 16 heavy (non-hydrogen) atoms. The van der Waals surface area contributed by atoms with E-state index in [0.29, 0.717) is 0 Å². The first-order valence-electron chi connectivity index (χ1n) is 5.48. The minimum atomic E-state index is -0.140. The molecule has 1 atom stereocenters. The van der Waals surface area contributed by atoms with Crippen molar-refractivity contribution in [2.75, 3.05) is 7.11 Å². The van der Waals surface area contributed by atoms with Gasteiger partial charge in [-0.1, -0.05) is 29.8 Å². The summed E-state index contributed by atoms with van der Waals surface area (Å²) in [4.78, 5) is 11.7. The lowest BCUT2D eigenvalue weighted by Gasteiger charge is -2.25. The number of allylic oxidation sites excluding steroid dienone is 2. The summed E-state index contributed by atoms with van der Waals surface area (Å²) in [6.07, 6.45) is 0.773. The van der Waals surface area contributed by atoms with Crippen molar-refractivity contribution in [3.63, 3.8) is 0 Å². The van der Waals surface area contributed by atoms with E-state index in [0.717, 1.165) is 12.0 Å². The summed E-state index contributed by atoms with van der Waals surface area (Å²) < 4.78 is 4.87. The maximum Gasteiger partial charge on any atom is 0.313 e. The molecule has 2 rings (SSSR count). The van der Waals surface area contributed by atoms with Crippen LogP contribution in [0, 0.1) is 0 Å². The molecule has 1 aliphatic carbocycles. The monoisotopic (exact) mass is 216 g/mol. The van der Waals surface area contributed by atoms with Gasteiger partial charge in [-0.25, -0.2) is 0 Å². The van der Waals surface area contributed by atoms with Crippen LogP contribution in [-0.4, -0.2) is 13.1 Å². The van der Waals surface area contributed by atoms with E-state index in [1.54, 1.807) is 0 Å². The quantitative estimate of drug-likeness (QED) is 0.674. The van der Waals surface area contributed by atoms with Crippen LogP contribution in [0.15, 0.2) is 29.8 Å². The summed E-state index contributed by atoms with van der Waals surface area (Å²) >= 11 is 0. The third-order valence-corrected chi connectivity index (χ3v) is 3.38. The first-order valence-corrected chi connectivity index (χ1v) is 5.48. The van der Waals surface area contributed by atoms with Gasteiger partial charge in [0.05, 0.1) is 13.0 Å². The Kier molecular flexibility index (Phi) is 2.82. The standard InChI is InChI=1S/C14H16O2/c1-9-8-13(14(15)16-3)12-7-5-4-6-11(12)10(9)2/h4-7,13H,8H2,1-3H3/t13-/m1/s1. The average molecular weight is 216 g/mol. The molecule has 0 amide bonds. The van der Waals surface area contributed by atoms with Gasteiger partial charge >= 0.3 is 5.97 Å². The number of hydrogen-bond donors (Lipinski definition) is 0. The zero-order chi connectivity index (χ0) is 11.7. The lowest BCUT2D eigenvalue weighted by atomic mass is 9.80. The van der Waals surface area contributed by atoms with Crippen molar-refractivity contribution in [1.29, 1.82) is 0 Å². The number of benzene rings is 1. The second-order valence-corrected chi connectivity index (χ2v) is 4.27. The number of hydrogen-bond acceptors (Lipinski definition) is 2. The lowest BCUT2D eigenvalue weighted by molar-refractivity contribution is -0.142. The van der Waals surface area contributed by atoms with Crippen molar-refractivity contribution in [3.05, 3.63) is 41.0 Å². The molecule has 2 nitrogen and oxygen atoms in total. The summed E-state index contributed by atoms with van der Waals surface area (Å²) in [5.41, 5.74) is 4.84. The second-order valence-electron chi connectivity index (χ2n) is 4.27. The largest absolute Gasteiger partial charge is 0.469 e. The van der Waals surface area contributed by atoms with Crippen molar-refractivity contribution in [3.8, 4) is 0 Å². The van der Waals surface area contributed by atoms with Gasteiger partial charge in [0.2, 0.25) is 0 Å². The molecule has 84 valence electrons. The number of carbonyl (C=O) groups excluding carboxylic acids is 1. The number of methoxy groups -OCH3 is 1. The van der Waals surface area contributed by atoms with Crippen LogP contribution in [0.25, 0.3) is 5.57 Å². The molecular weight excluding hydrogens is 200 g/mol. The van der Waals surface area contributed by atoms with Gasteiger partial charge in [-0.15, -0.1) is 0 Å². The first kappa shape index (κ1) is 10.9. The van der Waals surface area contributed by atoms with E-state index in [4.69, 9.17) is 4.74 Å². The topological polar surface area (TPSA) is 26.3 Å². The van der Waals surface area contributed by atoms with Crippen LogP contribution in [0.5, 0.6) is 0 Å². The van der Waals surface area contributed by atoms with Gasteiger partial charge < -0.3 is 4.74 Å². The van der Waals surface area contributed by atoms with Crippen LogP contribution in [0.1, 0.15) is 37.3 Å². The zero-order valence-electron chi connectivity index (χ0n) is 9.91. The Hall–Kier alpha value is -1.57. The van der Waals surface area contributed by atoms with Crippen LogP contribution in [0.4, 0.5) is 0 Å². The van der Waals surface area contributed by atoms with E-state index in [-0.39, 0.29) is 11.9 Å². The van der Waals surface area contributed by atoms with Gasteiger partial charge in [0.25, 0.3) is 0 Å². The van der Waals surface area contributed by atoms with Gasteiger partial charge in [-0.3, -0.25) is 4.79 Å². The molecule has 0 aromatic heterocycles. The maximum atomic E-state index is 11.7. The first-order chi connectivity index (χ1) is 7.65. The Morgan fingerprint density at radius 2 is 2.00 bits per heavy atom. The summed E-state index contributed by atoms with van der Waals surface area (Å²) in [6, 6.07) is 8.08. The third-order valence-electron chi connectivity index (χ3n) is 3.38. The molecule has 0 fully saturated rings. The van der Waals surface area contributed by atoms with E-state index in [1.165, 1.54) is 23.8 Å². The Labute approximate surface area is 95.9 Å². The normalized spacial score (nSPS) is 19.3. The van der Waals surface area contributed by atoms with Crippen molar-refractivity contribution in [1.82, 2.24) is 0 Å². The molecule has 1 aliphatic rings. The highest BCUT2D eigenvalue weighted by Crippen LogP contribution is 2.38. The molecule has 1 aromatic carbocycles. The van der Waals surface area contributed by atoms with Crippen LogP contribution >= 0.6 is 0 Å². The number of carbonyl (C=O) groups is 1. The van der Waals surface area contributed by atoms with Crippen molar-refractivity contribution >= 4 is 11.5 Å². The van der Waals surface area contributed by atoms with Crippen molar-refractivity contribution < 1.29 is 9.53 Å². The highest BCUT2D eigenvalue weighted by molar-refractivity contribution is 5.84. The van der Waals surface area contributed by atoms with Gasteiger partial charge in [-0.2, -0.15) is 0 Å². The summed E-state index contributed by atoms with van der Waals surface area (Å²) in [5.74, 6) is -0.274. The summed E-state index contributed by atoms with van der Waals surface area (Å²) in [5, 5.41) is 0. The molecule has 0 saturated carbocycles. The number of rotatable bonds is 1. The average Bonchev–Trinajstić information content (AvgIpc) is 2.33. The fourth-order valence-electron chi connectivity index (χ4n) is 2.29. The Bertz CT molecular complexity index is 458. The molecule has 0 radical (unpaired) electrons. The van der Waals surface area contributed by atoms with E-state index in [1.807, 2.05) is 18.2 Å². The number of fused-ring (bicyclic) bond motifs is 1. The van der Waals surface area contributed by atoms with Crippen molar-refractivity contribution in [2.24, 2.45) is 0 Å². The molecule has 0 bridgehead atoms. The molecule has 0 unspecified atom stereocenters. The number of esters is 1. The van der Waals surface area contributed by atoms with Crippen LogP contribution in [0.2, 0.25) is 0 Å². The molecule has 2 heteroatoms. The predicted octanol–water partition coefficient (Wildman–Crippen LogP) is 3.14. The minimum Gasteiger partial charge on any atom is -0.469 e. The molecule has 1 aromatic rings. The SMILES string of the molecule is COC(=O)[C@@H]1CC(C)=C(C)c2ccccc21. The Balaban J connectivity index is 2.53. The van der Waals surface area contributed by atoms with E-state index < -0.39 is 0 Å². The summed E-state index contributed by atoms with van der Waals surface area (Å²) in [6.45, 7) is 4.20. The van der Waals surface area contributed by atoms with E-state index >= 15 is 0 Å². The van der Waals surface area contributed by atoms with Crippen LogP contribution in [0.3, 0.4) is 0 Å². The smallest absolute Gasteiger partial charge is 0.313 e. The highest BCUT2D eigenvalue weighted by Gasteiger charge is 2.28. The van der Waals surface area contributed by atoms with Gasteiger partial charge in [-0.05, 0) is 37.0 Å². The van der Waals surface area contributed by atoms with Gasteiger partial charge in [0.1, 0.15) is 0 Å². The van der Waals surface area contributed by atoms with Crippen LogP contribution in [-0.2, 0) is 9.53 Å². The van der Waals surface area contributed by atoms with E-state index in [2.05, 4.69) is 19.9 Å². The molecule has 0 N–H and O–H groups in total. The maximum absolute atomic E-state index is 11.7. The fraction of sp³-hybridized carbons (Fsp3) is 0.357. The molecule has 0 aliphatic heterocycles. The van der Waals surface area contributed by atoms with Crippen LogP contribution < -0.4 is 0 Å². The third kappa shape index (κ3) is 1.64. The second kappa shape index (κ2) is 4.12. The zero-order valence-corrected chi connectivity index (χ0v) is 9.91. The molecule has 0 spiro atoms. The minimum absolute atomic E-state index is 0.134. The van der Waals surface area contributed by atoms with Gasteiger partial charge in [0.15, 0.2) is 0 Å². The van der Waals surface area contributed by atoms with E-state index in [9.17, 15) is 4.79 Å². The highest BCUT2D eigenvalue weighted by atomic mass is 16.5. The van der Waals surface area contributed by atoms with Crippen molar-refractivity contribution in [2.45, 2.75) is 26.2 Å². The fourth-order valence-corrected chi connectivity index (χ4v) is 2.29. The lowest BCUT2D eigenvalue weighted by Crippen LogP contribution is -2.19. The Morgan fingerprint density at radius 1 is 1.31 bits per heavy atom. The van der Waals surface area contributed by atoms with Gasteiger partial charge in [0, 0.05) is 0 Å². The Morgan fingerprint density at radius 3 is 2.69 bits per heavy atom. The molecular formula is C14H16O2. The summed E-state index contributed by atoms with van der Waals surface area (Å²) in [7, 11) is 1.45.